The summed E-state index contributed by atoms with van der Waals surface area (Å²) in [5.74, 6) is 0. The Balaban J connectivity index is 2.65. The van der Waals surface area contributed by atoms with E-state index < -0.39 is 0 Å². The molecule has 0 amide bonds. The van der Waals surface area contributed by atoms with Gasteiger partial charge in [0.05, 0.1) is 0 Å². The third-order valence-corrected chi connectivity index (χ3v) is 1.45. The van der Waals surface area contributed by atoms with Gasteiger partial charge in [0, 0.05) is 12.2 Å². The van der Waals surface area contributed by atoms with Gasteiger partial charge in [-0.2, -0.15) is 0 Å². The highest BCUT2D eigenvalue weighted by atomic mass is 32.1. The van der Waals surface area contributed by atoms with Crippen LogP contribution in [0.2, 0.25) is 0 Å². The highest BCUT2D eigenvalue weighted by molar-refractivity contribution is 7.79. The predicted molar refractivity (Wildman–Crippen MR) is 42.7 cm³/mol. The summed E-state index contributed by atoms with van der Waals surface area (Å²) < 4.78 is 10.1. The van der Waals surface area contributed by atoms with Crippen molar-refractivity contribution in [3.63, 3.8) is 0 Å². The van der Waals surface area contributed by atoms with Crippen molar-refractivity contribution >= 4 is 17.5 Å². The number of rotatable bonds is 2. The van der Waals surface area contributed by atoms with E-state index in [1.165, 1.54) is 0 Å². The number of ether oxygens (including phenoxy) is 2. The number of hydrogen-bond donors (Lipinski definition) is 0. The first-order valence-electron chi connectivity index (χ1n) is 2.90. The molecule has 3 heteroatoms. The fourth-order valence-corrected chi connectivity index (χ4v) is 0.971. The third-order valence-electron chi connectivity index (χ3n) is 1.25. The average Bonchev–Trinajstić information content (AvgIpc) is 2.30. The van der Waals surface area contributed by atoms with Gasteiger partial charge in [-0.25, -0.2) is 0 Å². The van der Waals surface area contributed by atoms with Gasteiger partial charge < -0.3 is 9.47 Å². The molecule has 2 nitrogen and oxygen atoms in total. The summed E-state index contributed by atoms with van der Waals surface area (Å²) in [5, 5.41) is 0.176. The van der Waals surface area contributed by atoms with Gasteiger partial charge >= 0.3 is 5.24 Å². The van der Waals surface area contributed by atoms with Crippen LogP contribution in [0.25, 0.3) is 0 Å². The Morgan fingerprint density at radius 1 is 1.20 bits per heavy atom. The molecule has 1 aliphatic heterocycles. The van der Waals surface area contributed by atoms with Gasteiger partial charge in [0.25, 0.3) is 0 Å². The van der Waals surface area contributed by atoms with Crippen LogP contribution in [0.5, 0.6) is 0 Å². The van der Waals surface area contributed by atoms with E-state index in [-0.39, 0.29) is 17.4 Å². The Bertz CT molecular complexity index is 158. The fourth-order valence-electron chi connectivity index (χ4n) is 0.749. The lowest BCUT2D eigenvalue weighted by molar-refractivity contribution is 0.235. The lowest BCUT2D eigenvalue weighted by atomic mass is 10.2. The van der Waals surface area contributed by atoms with Gasteiger partial charge in [-0.15, -0.1) is 0 Å². The zero-order chi connectivity index (χ0) is 7.56. The molecule has 0 N–H and O–H groups in total. The van der Waals surface area contributed by atoms with E-state index >= 15 is 0 Å². The van der Waals surface area contributed by atoms with Crippen LogP contribution in [0, 0.1) is 0 Å². The largest absolute Gasteiger partial charge is 0.445 e. The molecule has 1 rings (SSSR count). The summed E-state index contributed by atoms with van der Waals surface area (Å²) in [6, 6.07) is 0. The van der Waals surface area contributed by atoms with Crippen molar-refractivity contribution in [2.75, 3.05) is 0 Å². The second-order valence-electron chi connectivity index (χ2n) is 1.89. The maximum Gasteiger partial charge on any atom is 0.353 e. The molecule has 0 spiro atoms. The van der Waals surface area contributed by atoms with Crippen LogP contribution in [0.1, 0.15) is 0 Å². The summed E-state index contributed by atoms with van der Waals surface area (Å²) in [5.41, 5.74) is 0. The van der Waals surface area contributed by atoms with E-state index in [4.69, 9.17) is 9.47 Å². The summed E-state index contributed by atoms with van der Waals surface area (Å²) in [7, 11) is 0. The summed E-state index contributed by atoms with van der Waals surface area (Å²) >= 11 is 4.67. The molecule has 1 aliphatic rings. The van der Waals surface area contributed by atoms with Crippen LogP contribution < -0.4 is 0 Å². The van der Waals surface area contributed by atoms with Gasteiger partial charge in [0.1, 0.15) is 0 Å². The topological polar surface area (TPSA) is 18.5 Å². The van der Waals surface area contributed by atoms with E-state index in [9.17, 15) is 0 Å². The molecule has 0 aliphatic carbocycles. The zero-order valence-electron chi connectivity index (χ0n) is 5.45. The van der Waals surface area contributed by atoms with Gasteiger partial charge in [0.15, 0.2) is 12.2 Å². The SMILES string of the molecule is C=CC1OC(=S)OC1C=C. The maximum atomic E-state index is 5.03. The molecule has 0 bridgehead atoms. The molecule has 10 heavy (non-hydrogen) atoms. The Morgan fingerprint density at radius 2 is 1.60 bits per heavy atom. The molecule has 1 fully saturated rings. The Kier molecular flexibility index (Phi) is 2.06. The van der Waals surface area contributed by atoms with Crippen molar-refractivity contribution < 1.29 is 9.47 Å². The minimum Gasteiger partial charge on any atom is -0.445 e. The quantitative estimate of drug-likeness (QED) is 0.445. The first-order valence-corrected chi connectivity index (χ1v) is 3.31. The average molecular weight is 156 g/mol. The van der Waals surface area contributed by atoms with Crippen LogP contribution >= 0.6 is 12.2 Å². The number of thiocarbonyl (C=S) groups is 1. The van der Waals surface area contributed by atoms with Gasteiger partial charge in [-0.05, 0) is 12.2 Å². The second kappa shape index (κ2) is 2.84. The predicted octanol–water partition coefficient (Wildman–Crippen LogP) is 1.43. The molecule has 1 heterocycles. The smallest absolute Gasteiger partial charge is 0.353 e. The molecular weight excluding hydrogens is 148 g/mol. The molecule has 54 valence electrons. The van der Waals surface area contributed by atoms with Crippen molar-refractivity contribution in [1.82, 2.24) is 0 Å². The van der Waals surface area contributed by atoms with Crippen molar-refractivity contribution in [2.45, 2.75) is 12.2 Å². The molecule has 0 radical (unpaired) electrons. The maximum absolute atomic E-state index is 5.03. The minimum atomic E-state index is -0.162. The Morgan fingerprint density at radius 3 is 1.90 bits per heavy atom. The fraction of sp³-hybridized carbons (Fsp3) is 0.286. The van der Waals surface area contributed by atoms with E-state index in [0.717, 1.165) is 0 Å². The van der Waals surface area contributed by atoms with Gasteiger partial charge in [0.2, 0.25) is 0 Å². The minimum absolute atomic E-state index is 0.162. The lowest BCUT2D eigenvalue weighted by Crippen LogP contribution is -2.16. The highest BCUT2D eigenvalue weighted by Crippen LogP contribution is 2.16. The van der Waals surface area contributed by atoms with Crippen LogP contribution in [0.15, 0.2) is 25.3 Å². The molecule has 0 aromatic rings. The van der Waals surface area contributed by atoms with E-state index in [2.05, 4.69) is 25.4 Å². The first kappa shape index (κ1) is 7.28. The third kappa shape index (κ3) is 1.19. The normalized spacial score (nSPS) is 30.6. The molecule has 0 saturated carbocycles. The number of hydrogen-bond acceptors (Lipinski definition) is 3. The second-order valence-corrected chi connectivity index (χ2v) is 2.22. The summed E-state index contributed by atoms with van der Waals surface area (Å²) in [4.78, 5) is 0. The van der Waals surface area contributed by atoms with Gasteiger partial charge in [-0.3, -0.25) is 0 Å². The summed E-state index contributed by atoms with van der Waals surface area (Å²) in [6.07, 6.45) is 2.96. The monoisotopic (exact) mass is 156 g/mol. The Hall–Kier alpha value is -0.830. The summed E-state index contributed by atoms with van der Waals surface area (Å²) in [6.45, 7) is 7.13. The van der Waals surface area contributed by atoms with Crippen molar-refractivity contribution in [2.24, 2.45) is 0 Å². The lowest BCUT2D eigenvalue weighted by Gasteiger charge is -2.04. The van der Waals surface area contributed by atoms with E-state index in [1.54, 1.807) is 12.2 Å². The molecule has 0 aromatic carbocycles. The van der Waals surface area contributed by atoms with Crippen molar-refractivity contribution in [3.05, 3.63) is 25.3 Å². The zero-order valence-corrected chi connectivity index (χ0v) is 6.26. The van der Waals surface area contributed by atoms with Crippen molar-refractivity contribution in [3.8, 4) is 0 Å². The molecule has 2 unspecified atom stereocenters. The van der Waals surface area contributed by atoms with Crippen LogP contribution in [-0.2, 0) is 9.47 Å². The van der Waals surface area contributed by atoms with E-state index in [0.29, 0.717) is 0 Å². The Labute approximate surface area is 65.1 Å². The molecule has 2 atom stereocenters. The highest BCUT2D eigenvalue weighted by Gasteiger charge is 2.28. The van der Waals surface area contributed by atoms with Crippen LogP contribution in [0.4, 0.5) is 0 Å². The van der Waals surface area contributed by atoms with Crippen LogP contribution in [-0.4, -0.2) is 17.4 Å². The standard InChI is InChI=1S/C7H8O2S/c1-3-5-6(4-2)9-7(10)8-5/h3-6H,1-2H2. The first-order chi connectivity index (χ1) is 4.77. The molecular formula is C7H8O2S. The van der Waals surface area contributed by atoms with Crippen LogP contribution in [0.3, 0.4) is 0 Å². The molecule has 1 saturated heterocycles. The van der Waals surface area contributed by atoms with Crippen molar-refractivity contribution in [1.29, 1.82) is 0 Å². The van der Waals surface area contributed by atoms with Gasteiger partial charge in [-0.1, -0.05) is 13.2 Å². The molecule has 0 aromatic heterocycles. The van der Waals surface area contributed by atoms with E-state index in [1.807, 2.05) is 0 Å².